The van der Waals surface area contributed by atoms with Gasteiger partial charge in [-0.15, -0.1) is 0 Å². The van der Waals surface area contributed by atoms with Gasteiger partial charge in [-0.1, -0.05) is 18.2 Å². The molecule has 0 bridgehead atoms. The van der Waals surface area contributed by atoms with Crippen LogP contribution in [0.3, 0.4) is 0 Å². The fraction of sp³-hybridized carbons (Fsp3) is 0.438. The molecule has 2 aromatic rings. The molecule has 0 radical (unpaired) electrons. The lowest BCUT2D eigenvalue weighted by Gasteiger charge is -2.30. The predicted octanol–water partition coefficient (Wildman–Crippen LogP) is 1.82. The zero-order valence-corrected chi connectivity index (χ0v) is 12.6. The minimum absolute atomic E-state index is 0.151. The van der Waals surface area contributed by atoms with E-state index >= 15 is 0 Å². The minimum atomic E-state index is -0.840. The Morgan fingerprint density at radius 3 is 2.77 bits per heavy atom. The fourth-order valence-corrected chi connectivity index (χ4v) is 3.15. The summed E-state index contributed by atoms with van der Waals surface area (Å²) in [5.41, 5.74) is 3.12. The summed E-state index contributed by atoms with van der Waals surface area (Å²) in [5, 5.41) is 13.7. The van der Waals surface area contributed by atoms with Crippen LogP contribution in [-0.2, 0) is 20.7 Å². The molecule has 1 aliphatic rings. The Kier molecular flexibility index (Phi) is 4.15. The van der Waals surface area contributed by atoms with Crippen LogP contribution in [0.1, 0.15) is 23.7 Å². The minimum Gasteiger partial charge on any atom is -0.480 e. The largest absolute Gasteiger partial charge is 0.480 e. The molecule has 0 fully saturated rings. The number of methoxy groups -OCH3 is 2. The van der Waals surface area contributed by atoms with Crippen LogP contribution >= 0.6 is 0 Å². The Morgan fingerprint density at radius 2 is 2.09 bits per heavy atom. The standard InChI is InChI=1S/C16H20N2O4/c1-21-14(22-2)8-12-15-10(7-13(17-12)16(19)20)9-5-3-4-6-11(9)18-15/h3-6,12-14,17-18H,7-8H2,1-2H3,(H,19,20). The normalized spacial score (nSPS) is 21.2. The van der Waals surface area contributed by atoms with Crippen molar-refractivity contribution in [3.63, 3.8) is 0 Å². The summed E-state index contributed by atoms with van der Waals surface area (Å²) >= 11 is 0. The highest BCUT2D eigenvalue weighted by atomic mass is 16.7. The first kappa shape index (κ1) is 15.0. The summed E-state index contributed by atoms with van der Waals surface area (Å²) in [6, 6.07) is 7.21. The Hall–Kier alpha value is -1.89. The SMILES string of the molecule is COC(CC1NC(C(=O)O)Cc2c1[nH]c1ccccc21)OC. The number of H-pyrrole nitrogens is 1. The van der Waals surface area contributed by atoms with Crippen LogP contribution in [-0.4, -0.2) is 42.6 Å². The predicted molar refractivity (Wildman–Crippen MR) is 81.7 cm³/mol. The lowest BCUT2D eigenvalue weighted by Crippen LogP contribution is -2.45. The molecule has 0 aliphatic carbocycles. The van der Waals surface area contributed by atoms with Crippen LogP contribution in [0.15, 0.2) is 24.3 Å². The van der Waals surface area contributed by atoms with Gasteiger partial charge in [-0.3, -0.25) is 10.1 Å². The van der Waals surface area contributed by atoms with Crippen molar-refractivity contribution in [2.75, 3.05) is 14.2 Å². The molecule has 118 valence electrons. The third-order valence-corrected chi connectivity index (χ3v) is 4.26. The Morgan fingerprint density at radius 1 is 1.36 bits per heavy atom. The van der Waals surface area contributed by atoms with Crippen molar-refractivity contribution in [2.45, 2.75) is 31.2 Å². The first-order chi connectivity index (χ1) is 10.6. The molecule has 3 N–H and O–H groups in total. The number of aromatic nitrogens is 1. The number of nitrogens with one attached hydrogen (secondary N) is 2. The quantitative estimate of drug-likeness (QED) is 0.734. The maximum atomic E-state index is 11.5. The number of para-hydroxylation sites is 1. The second-order valence-corrected chi connectivity index (χ2v) is 5.51. The molecule has 3 rings (SSSR count). The lowest BCUT2D eigenvalue weighted by atomic mass is 9.92. The molecule has 2 atom stereocenters. The van der Waals surface area contributed by atoms with Gasteiger partial charge in [0.25, 0.3) is 0 Å². The van der Waals surface area contributed by atoms with Gasteiger partial charge in [0.05, 0.1) is 6.04 Å². The van der Waals surface area contributed by atoms with E-state index in [4.69, 9.17) is 9.47 Å². The van der Waals surface area contributed by atoms with E-state index in [2.05, 4.69) is 10.3 Å². The lowest BCUT2D eigenvalue weighted by molar-refractivity contribution is -0.140. The number of fused-ring (bicyclic) bond motifs is 3. The molecule has 0 saturated heterocycles. The second kappa shape index (κ2) is 6.08. The summed E-state index contributed by atoms with van der Waals surface area (Å²) in [6.45, 7) is 0. The third kappa shape index (κ3) is 2.61. The first-order valence-electron chi connectivity index (χ1n) is 7.28. The molecule has 2 heterocycles. The van der Waals surface area contributed by atoms with E-state index in [0.717, 1.165) is 22.2 Å². The Bertz CT molecular complexity index is 678. The van der Waals surface area contributed by atoms with Crippen LogP contribution in [0, 0.1) is 0 Å². The fourth-order valence-electron chi connectivity index (χ4n) is 3.15. The van der Waals surface area contributed by atoms with Crippen molar-refractivity contribution in [3.8, 4) is 0 Å². The second-order valence-electron chi connectivity index (χ2n) is 5.51. The Balaban J connectivity index is 2.02. The van der Waals surface area contributed by atoms with Crippen LogP contribution in [0.2, 0.25) is 0 Å². The van der Waals surface area contributed by atoms with Crippen molar-refractivity contribution < 1.29 is 19.4 Å². The zero-order chi connectivity index (χ0) is 15.7. The zero-order valence-electron chi connectivity index (χ0n) is 12.6. The van der Waals surface area contributed by atoms with Crippen LogP contribution in [0.4, 0.5) is 0 Å². The molecule has 2 unspecified atom stereocenters. The molecule has 0 spiro atoms. The molecule has 22 heavy (non-hydrogen) atoms. The van der Waals surface area contributed by atoms with E-state index in [1.54, 1.807) is 14.2 Å². The van der Waals surface area contributed by atoms with E-state index in [-0.39, 0.29) is 12.3 Å². The van der Waals surface area contributed by atoms with Crippen LogP contribution < -0.4 is 5.32 Å². The van der Waals surface area contributed by atoms with Gasteiger partial charge in [-0.2, -0.15) is 0 Å². The number of aromatic amines is 1. The highest BCUT2D eigenvalue weighted by molar-refractivity contribution is 5.86. The molecule has 1 aliphatic heterocycles. The van der Waals surface area contributed by atoms with Gasteiger partial charge in [-0.05, 0) is 11.6 Å². The molecule has 0 saturated carbocycles. The van der Waals surface area contributed by atoms with E-state index in [1.165, 1.54) is 0 Å². The summed E-state index contributed by atoms with van der Waals surface area (Å²) in [5.74, 6) is -0.840. The molecule has 6 heteroatoms. The van der Waals surface area contributed by atoms with Gasteiger partial charge in [0.2, 0.25) is 0 Å². The van der Waals surface area contributed by atoms with Crippen molar-refractivity contribution in [1.82, 2.24) is 10.3 Å². The van der Waals surface area contributed by atoms with Gasteiger partial charge < -0.3 is 19.6 Å². The van der Waals surface area contributed by atoms with E-state index in [1.807, 2.05) is 24.3 Å². The highest BCUT2D eigenvalue weighted by Gasteiger charge is 2.34. The monoisotopic (exact) mass is 304 g/mol. The van der Waals surface area contributed by atoms with Gasteiger partial charge in [0, 0.05) is 43.7 Å². The number of aliphatic carboxylic acids is 1. The van der Waals surface area contributed by atoms with Crippen molar-refractivity contribution in [2.24, 2.45) is 0 Å². The highest BCUT2D eigenvalue weighted by Crippen LogP contribution is 2.34. The van der Waals surface area contributed by atoms with Gasteiger partial charge in [0.1, 0.15) is 6.04 Å². The van der Waals surface area contributed by atoms with Crippen molar-refractivity contribution in [1.29, 1.82) is 0 Å². The number of hydrogen-bond acceptors (Lipinski definition) is 4. The molecule has 0 amide bonds. The third-order valence-electron chi connectivity index (χ3n) is 4.26. The van der Waals surface area contributed by atoms with Crippen LogP contribution in [0.5, 0.6) is 0 Å². The maximum absolute atomic E-state index is 11.5. The first-order valence-corrected chi connectivity index (χ1v) is 7.28. The summed E-state index contributed by atoms with van der Waals surface area (Å²) in [6.07, 6.45) is 0.621. The van der Waals surface area contributed by atoms with E-state index in [0.29, 0.717) is 12.8 Å². The summed E-state index contributed by atoms with van der Waals surface area (Å²) < 4.78 is 10.5. The summed E-state index contributed by atoms with van der Waals surface area (Å²) in [7, 11) is 3.16. The molecular weight excluding hydrogens is 284 g/mol. The van der Waals surface area contributed by atoms with E-state index < -0.39 is 12.0 Å². The number of carbonyl (C=O) groups is 1. The van der Waals surface area contributed by atoms with Gasteiger partial charge in [-0.25, -0.2) is 0 Å². The Labute approximate surface area is 128 Å². The van der Waals surface area contributed by atoms with Crippen molar-refractivity contribution in [3.05, 3.63) is 35.5 Å². The molecule has 1 aromatic carbocycles. The molecular formula is C16H20N2O4. The number of rotatable bonds is 5. The van der Waals surface area contributed by atoms with Crippen LogP contribution in [0.25, 0.3) is 10.9 Å². The number of carboxylic acids is 1. The average Bonchev–Trinajstić information content (AvgIpc) is 2.91. The maximum Gasteiger partial charge on any atom is 0.321 e. The van der Waals surface area contributed by atoms with Crippen molar-refractivity contribution >= 4 is 16.9 Å². The van der Waals surface area contributed by atoms with Gasteiger partial charge >= 0.3 is 5.97 Å². The number of benzene rings is 1. The number of hydrogen-bond donors (Lipinski definition) is 3. The molecule has 6 nitrogen and oxygen atoms in total. The molecule has 1 aromatic heterocycles. The number of carboxylic acid groups (broad SMARTS) is 1. The smallest absolute Gasteiger partial charge is 0.321 e. The van der Waals surface area contributed by atoms with E-state index in [9.17, 15) is 9.90 Å². The topological polar surface area (TPSA) is 83.6 Å². The van der Waals surface area contributed by atoms with Gasteiger partial charge in [0.15, 0.2) is 6.29 Å². The number of ether oxygens (including phenoxy) is 2. The average molecular weight is 304 g/mol. The summed E-state index contributed by atoms with van der Waals surface area (Å²) in [4.78, 5) is 14.9.